The minimum absolute atomic E-state index is 0.0947. The molecule has 20 heavy (non-hydrogen) atoms. The van der Waals surface area contributed by atoms with Crippen LogP contribution >= 0.6 is 0 Å². The number of benzene rings is 1. The van der Waals surface area contributed by atoms with Crippen LogP contribution in [0.5, 0.6) is 5.75 Å². The summed E-state index contributed by atoms with van der Waals surface area (Å²) in [5.41, 5.74) is 1.01. The molecule has 1 aromatic carbocycles. The van der Waals surface area contributed by atoms with Gasteiger partial charge in [-0.25, -0.2) is 0 Å². The number of ether oxygens (including phenoxy) is 1. The number of rotatable bonds is 6. The van der Waals surface area contributed by atoms with Crippen LogP contribution in [-0.2, 0) is 11.3 Å². The maximum atomic E-state index is 12.0. The van der Waals surface area contributed by atoms with Crippen molar-refractivity contribution in [1.29, 1.82) is 0 Å². The van der Waals surface area contributed by atoms with Crippen LogP contribution in [0.4, 0.5) is 0 Å². The Balaban J connectivity index is 2.60. The zero-order valence-electron chi connectivity index (χ0n) is 13.2. The van der Waals surface area contributed by atoms with Crippen molar-refractivity contribution in [3.8, 4) is 5.75 Å². The molecule has 0 fully saturated rings. The molecule has 112 valence electrons. The Kier molecular flexibility index (Phi) is 6.02. The van der Waals surface area contributed by atoms with Gasteiger partial charge in [0.25, 0.3) is 5.91 Å². The summed E-state index contributed by atoms with van der Waals surface area (Å²) in [4.78, 5) is 13.2. The molecular formula is C16H27N2O2+. The first-order valence-corrected chi connectivity index (χ1v) is 7.11. The average molecular weight is 279 g/mol. The van der Waals surface area contributed by atoms with E-state index in [9.17, 15) is 4.79 Å². The summed E-state index contributed by atoms with van der Waals surface area (Å²) >= 11 is 0. The van der Waals surface area contributed by atoms with Crippen LogP contribution in [0.2, 0.25) is 0 Å². The molecule has 2 N–H and O–H groups in total. The zero-order chi connectivity index (χ0) is 15.2. The molecule has 1 atom stereocenters. The van der Waals surface area contributed by atoms with E-state index in [0.29, 0.717) is 6.54 Å². The number of methoxy groups -OCH3 is 1. The summed E-state index contributed by atoms with van der Waals surface area (Å²) in [5.74, 6) is 0.953. The van der Waals surface area contributed by atoms with Gasteiger partial charge in [-0.1, -0.05) is 12.1 Å². The SMILES string of the molecule is CC[NH+](CC(=O)NC(C)(C)C)Cc1cccc(OC)c1. The number of carbonyl (C=O) groups excluding carboxylic acids is 1. The Morgan fingerprint density at radius 1 is 1.35 bits per heavy atom. The van der Waals surface area contributed by atoms with Crippen molar-refractivity contribution in [2.75, 3.05) is 20.2 Å². The molecule has 4 nitrogen and oxygen atoms in total. The van der Waals surface area contributed by atoms with Crippen molar-refractivity contribution in [3.05, 3.63) is 29.8 Å². The van der Waals surface area contributed by atoms with Gasteiger partial charge in [0.05, 0.1) is 13.7 Å². The maximum Gasteiger partial charge on any atom is 0.275 e. The molecule has 1 rings (SSSR count). The van der Waals surface area contributed by atoms with Crippen LogP contribution in [0.1, 0.15) is 33.3 Å². The second kappa shape index (κ2) is 7.29. The van der Waals surface area contributed by atoms with Gasteiger partial charge in [0.1, 0.15) is 12.3 Å². The van der Waals surface area contributed by atoms with Crippen molar-refractivity contribution in [1.82, 2.24) is 5.32 Å². The first-order chi connectivity index (χ1) is 9.34. The summed E-state index contributed by atoms with van der Waals surface area (Å²) < 4.78 is 5.23. The van der Waals surface area contributed by atoms with E-state index in [0.717, 1.165) is 18.8 Å². The third-order valence-electron chi connectivity index (χ3n) is 3.01. The Labute approximate surface area is 122 Å². The van der Waals surface area contributed by atoms with E-state index in [-0.39, 0.29) is 11.4 Å². The fourth-order valence-electron chi connectivity index (χ4n) is 2.07. The molecule has 1 unspecified atom stereocenters. The third-order valence-corrected chi connectivity index (χ3v) is 3.01. The highest BCUT2D eigenvalue weighted by Gasteiger charge is 2.18. The van der Waals surface area contributed by atoms with E-state index >= 15 is 0 Å². The molecule has 0 aromatic heterocycles. The smallest absolute Gasteiger partial charge is 0.275 e. The first-order valence-electron chi connectivity index (χ1n) is 7.11. The fourth-order valence-corrected chi connectivity index (χ4v) is 2.07. The van der Waals surface area contributed by atoms with Gasteiger partial charge in [0, 0.05) is 11.1 Å². The summed E-state index contributed by atoms with van der Waals surface area (Å²) in [6.45, 7) is 10.3. The predicted octanol–water partition coefficient (Wildman–Crippen LogP) is 1.01. The fraction of sp³-hybridized carbons (Fsp3) is 0.562. The van der Waals surface area contributed by atoms with Gasteiger partial charge in [0.2, 0.25) is 0 Å². The molecule has 0 aliphatic carbocycles. The van der Waals surface area contributed by atoms with Crippen LogP contribution < -0.4 is 15.0 Å². The lowest BCUT2D eigenvalue weighted by atomic mass is 10.1. The van der Waals surface area contributed by atoms with Gasteiger partial charge in [-0.15, -0.1) is 0 Å². The Morgan fingerprint density at radius 3 is 2.60 bits per heavy atom. The van der Waals surface area contributed by atoms with Crippen molar-refractivity contribution in [2.45, 2.75) is 39.8 Å². The highest BCUT2D eigenvalue weighted by molar-refractivity contribution is 5.77. The molecule has 4 heteroatoms. The van der Waals surface area contributed by atoms with E-state index in [4.69, 9.17) is 4.74 Å². The number of hydrogen-bond donors (Lipinski definition) is 2. The van der Waals surface area contributed by atoms with Gasteiger partial charge in [-0.3, -0.25) is 4.79 Å². The van der Waals surface area contributed by atoms with Crippen LogP contribution in [0.15, 0.2) is 24.3 Å². The van der Waals surface area contributed by atoms with Crippen molar-refractivity contribution in [3.63, 3.8) is 0 Å². The summed E-state index contributed by atoms with van der Waals surface area (Å²) in [7, 11) is 1.67. The first kappa shape index (κ1) is 16.5. The lowest BCUT2D eigenvalue weighted by Gasteiger charge is -2.23. The van der Waals surface area contributed by atoms with Crippen LogP contribution in [0.25, 0.3) is 0 Å². The molecular weight excluding hydrogens is 252 g/mol. The standard InChI is InChI=1S/C16H26N2O2/c1-6-18(12-15(19)17-16(2,3)4)11-13-8-7-9-14(10-13)20-5/h7-10H,6,11-12H2,1-5H3,(H,17,19)/p+1. The van der Waals surface area contributed by atoms with Crippen LogP contribution in [0.3, 0.4) is 0 Å². The number of carbonyl (C=O) groups is 1. The molecule has 0 spiro atoms. The lowest BCUT2D eigenvalue weighted by Crippen LogP contribution is -3.11. The van der Waals surface area contributed by atoms with Crippen molar-refractivity contribution < 1.29 is 14.4 Å². The maximum absolute atomic E-state index is 12.0. The Morgan fingerprint density at radius 2 is 2.05 bits per heavy atom. The van der Waals surface area contributed by atoms with Gasteiger partial charge in [0.15, 0.2) is 6.54 Å². The molecule has 0 heterocycles. The van der Waals surface area contributed by atoms with Crippen molar-refractivity contribution in [2.24, 2.45) is 0 Å². The molecule has 0 aliphatic heterocycles. The summed E-state index contributed by atoms with van der Waals surface area (Å²) in [6.07, 6.45) is 0. The number of quaternary nitrogens is 1. The molecule has 0 bridgehead atoms. The number of amides is 1. The predicted molar refractivity (Wildman–Crippen MR) is 81.0 cm³/mol. The summed E-state index contributed by atoms with van der Waals surface area (Å²) in [6, 6.07) is 8.01. The van der Waals surface area contributed by atoms with Crippen molar-refractivity contribution >= 4 is 5.91 Å². The van der Waals surface area contributed by atoms with Gasteiger partial charge >= 0.3 is 0 Å². The van der Waals surface area contributed by atoms with Gasteiger partial charge < -0.3 is 15.0 Å². The normalized spacial score (nSPS) is 12.8. The Hall–Kier alpha value is -1.55. The molecule has 0 saturated heterocycles. The minimum atomic E-state index is -0.175. The van der Waals surface area contributed by atoms with E-state index in [2.05, 4.69) is 18.3 Å². The molecule has 0 aliphatic rings. The highest BCUT2D eigenvalue weighted by atomic mass is 16.5. The molecule has 0 radical (unpaired) electrons. The summed E-state index contributed by atoms with van der Waals surface area (Å²) in [5, 5.41) is 3.01. The Bertz CT molecular complexity index is 438. The molecule has 0 saturated carbocycles. The quantitative estimate of drug-likeness (QED) is 0.816. The minimum Gasteiger partial charge on any atom is -0.497 e. The highest BCUT2D eigenvalue weighted by Crippen LogP contribution is 2.11. The number of hydrogen-bond acceptors (Lipinski definition) is 2. The van der Waals surface area contributed by atoms with Crippen LogP contribution in [-0.4, -0.2) is 31.6 Å². The molecule has 1 amide bonds. The van der Waals surface area contributed by atoms with Crippen LogP contribution in [0, 0.1) is 0 Å². The van der Waals surface area contributed by atoms with Gasteiger partial charge in [-0.2, -0.15) is 0 Å². The largest absolute Gasteiger partial charge is 0.497 e. The number of likely N-dealkylation sites (N-methyl/N-ethyl adjacent to an activating group) is 1. The van der Waals surface area contributed by atoms with E-state index in [1.807, 2.05) is 39.0 Å². The number of nitrogens with one attached hydrogen (secondary N) is 2. The monoisotopic (exact) mass is 279 g/mol. The second-order valence-corrected chi connectivity index (χ2v) is 6.11. The second-order valence-electron chi connectivity index (χ2n) is 6.11. The topological polar surface area (TPSA) is 42.8 Å². The van der Waals surface area contributed by atoms with Gasteiger partial charge in [-0.05, 0) is 39.8 Å². The third kappa shape index (κ3) is 6.06. The van der Waals surface area contributed by atoms with E-state index in [1.54, 1.807) is 7.11 Å². The lowest BCUT2D eigenvalue weighted by molar-refractivity contribution is -0.904. The molecule has 1 aromatic rings. The van der Waals surface area contributed by atoms with E-state index in [1.165, 1.54) is 10.5 Å². The zero-order valence-corrected chi connectivity index (χ0v) is 13.2. The average Bonchev–Trinajstić information content (AvgIpc) is 2.36. The van der Waals surface area contributed by atoms with E-state index < -0.39 is 0 Å².